The van der Waals surface area contributed by atoms with Crippen molar-refractivity contribution in [1.29, 1.82) is 0 Å². The summed E-state index contributed by atoms with van der Waals surface area (Å²) in [5.74, 6) is -1.82. The Labute approximate surface area is 200 Å². The van der Waals surface area contributed by atoms with Gasteiger partial charge in [-0.3, -0.25) is 4.79 Å². The number of carboxylic acids is 1. The van der Waals surface area contributed by atoms with Crippen LogP contribution in [0.4, 0.5) is 4.79 Å². The zero-order valence-corrected chi connectivity index (χ0v) is 19.7. The van der Waals surface area contributed by atoms with Crippen molar-refractivity contribution in [3.63, 3.8) is 0 Å². The first kappa shape index (κ1) is 23.8. The number of carbonyl (C=O) groups is 3. The van der Waals surface area contributed by atoms with E-state index in [0.29, 0.717) is 13.0 Å². The van der Waals surface area contributed by atoms with E-state index >= 15 is 0 Å². The van der Waals surface area contributed by atoms with Gasteiger partial charge in [-0.1, -0.05) is 62.4 Å². The molecule has 2 amide bonds. The number of hydrogen-bond donors (Lipinski definition) is 2. The molecule has 2 N–H and O–H groups in total. The Hall–Kier alpha value is -3.35. The lowest BCUT2D eigenvalue weighted by Gasteiger charge is -2.39. The van der Waals surface area contributed by atoms with Crippen LogP contribution in [0.1, 0.15) is 50.2 Å². The van der Waals surface area contributed by atoms with Crippen molar-refractivity contribution in [3.05, 3.63) is 59.7 Å². The van der Waals surface area contributed by atoms with Gasteiger partial charge in [-0.15, -0.1) is 0 Å². The van der Waals surface area contributed by atoms with Gasteiger partial charge in [0.15, 0.2) is 0 Å². The minimum absolute atomic E-state index is 0.0343. The number of nitrogens with one attached hydrogen (secondary N) is 1. The molecular formula is C27H32N2O5. The number of aliphatic carboxylic acids is 1. The molecule has 4 rings (SSSR count). The number of likely N-dealkylation sites (tertiary alicyclic amines) is 1. The summed E-state index contributed by atoms with van der Waals surface area (Å²) in [4.78, 5) is 38.9. The molecule has 1 heterocycles. The molecule has 34 heavy (non-hydrogen) atoms. The summed E-state index contributed by atoms with van der Waals surface area (Å²) in [5.41, 5.74) is 4.59. The maximum Gasteiger partial charge on any atom is 0.407 e. The second-order valence-corrected chi connectivity index (χ2v) is 9.25. The van der Waals surface area contributed by atoms with E-state index in [9.17, 15) is 19.5 Å². The standard InChI is InChI=1S/C27H32N2O5/c1-3-18(25(30)29-14-8-9-17(2)24(29)26(31)32)15-28-27(33)34-16-23-21-12-6-4-10-19(21)20-11-5-7-13-22(20)23/h4-7,10-13,17-18,23-24H,3,8-9,14-16H2,1-2H3,(H,28,33)(H,31,32). The number of fused-ring (bicyclic) bond motifs is 3. The Bertz CT molecular complexity index is 1020. The van der Waals surface area contributed by atoms with Gasteiger partial charge in [0, 0.05) is 19.0 Å². The Balaban J connectivity index is 1.35. The normalized spacial score (nSPS) is 20.2. The van der Waals surface area contributed by atoms with E-state index in [0.717, 1.165) is 35.1 Å². The monoisotopic (exact) mass is 464 g/mol. The first-order valence-corrected chi connectivity index (χ1v) is 12.0. The Morgan fingerprint density at radius 3 is 2.29 bits per heavy atom. The van der Waals surface area contributed by atoms with Crippen LogP contribution in [0.5, 0.6) is 0 Å². The first-order chi connectivity index (χ1) is 16.4. The van der Waals surface area contributed by atoms with Crippen LogP contribution >= 0.6 is 0 Å². The molecule has 0 bridgehead atoms. The van der Waals surface area contributed by atoms with Crippen LogP contribution < -0.4 is 5.32 Å². The van der Waals surface area contributed by atoms with Crippen molar-refractivity contribution in [2.45, 2.75) is 45.1 Å². The molecule has 0 radical (unpaired) electrons. The maximum absolute atomic E-state index is 13.1. The summed E-state index contributed by atoms with van der Waals surface area (Å²) in [6.45, 7) is 4.49. The summed E-state index contributed by atoms with van der Waals surface area (Å²) in [5, 5.41) is 12.4. The highest BCUT2D eigenvalue weighted by atomic mass is 16.5. The number of carbonyl (C=O) groups excluding carboxylic acids is 2. The number of rotatable bonds is 7. The number of carboxylic acid groups (broad SMARTS) is 1. The smallest absolute Gasteiger partial charge is 0.407 e. The molecule has 1 fully saturated rings. The molecule has 3 atom stereocenters. The van der Waals surface area contributed by atoms with Crippen molar-refractivity contribution < 1.29 is 24.2 Å². The first-order valence-electron chi connectivity index (χ1n) is 12.0. The zero-order valence-electron chi connectivity index (χ0n) is 19.7. The van der Waals surface area contributed by atoms with E-state index in [1.807, 2.05) is 38.1 Å². The average Bonchev–Trinajstić information content (AvgIpc) is 3.16. The lowest BCUT2D eigenvalue weighted by atomic mass is 9.89. The van der Waals surface area contributed by atoms with Crippen LogP contribution in [0, 0.1) is 11.8 Å². The number of benzene rings is 2. The molecule has 1 aliphatic carbocycles. The number of hydrogen-bond acceptors (Lipinski definition) is 4. The highest BCUT2D eigenvalue weighted by Gasteiger charge is 2.39. The second-order valence-electron chi connectivity index (χ2n) is 9.25. The third-order valence-corrected chi connectivity index (χ3v) is 7.15. The summed E-state index contributed by atoms with van der Waals surface area (Å²) >= 11 is 0. The van der Waals surface area contributed by atoms with Crippen molar-refractivity contribution in [2.24, 2.45) is 11.8 Å². The molecule has 7 heteroatoms. The highest BCUT2D eigenvalue weighted by Crippen LogP contribution is 2.44. The van der Waals surface area contributed by atoms with Gasteiger partial charge in [0.05, 0.1) is 5.92 Å². The molecule has 2 aromatic rings. The molecular weight excluding hydrogens is 432 g/mol. The lowest BCUT2D eigenvalue weighted by molar-refractivity contribution is -0.156. The van der Waals surface area contributed by atoms with Crippen molar-refractivity contribution in [2.75, 3.05) is 19.7 Å². The Morgan fingerprint density at radius 2 is 1.71 bits per heavy atom. The van der Waals surface area contributed by atoms with E-state index in [1.54, 1.807) is 0 Å². The molecule has 2 aliphatic rings. The fraction of sp³-hybridized carbons (Fsp3) is 0.444. The highest BCUT2D eigenvalue weighted by molar-refractivity contribution is 5.86. The Kier molecular flexibility index (Phi) is 7.20. The van der Waals surface area contributed by atoms with Crippen LogP contribution in [0.15, 0.2) is 48.5 Å². The number of piperidine rings is 1. The molecule has 0 aromatic heterocycles. The molecule has 3 unspecified atom stereocenters. The van der Waals surface area contributed by atoms with Crippen molar-refractivity contribution in [1.82, 2.24) is 10.2 Å². The summed E-state index contributed by atoms with van der Waals surface area (Å²) in [7, 11) is 0. The lowest BCUT2D eigenvalue weighted by Crippen LogP contribution is -2.54. The van der Waals surface area contributed by atoms with E-state index in [2.05, 4.69) is 29.6 Å². The van der Waals surface area contributed by atoms with Gasteiger partial charge in [-0.25, -0.2) is 9.59 Å². The fourth-order valence-corrected chi connectivity index (χ4v) is 5.31. The van der Waals surface area contributed by atoms with Gasteiger partial charge in [0.2, 0.25) is 5.91 Å². The van der Waals surface area contributed by atoms with Gasteiger partial charge in [0.25, 0.3) is 0 Å². The predicted octanol–water partition coefficient (Wildman–Crippen LogP) is 4.26. The third kappa shape index (κ3) is 4.65. The van der Waals surface area contributed by atoms with Gasteiger partial charge in [-0.2, -0.15) is 0 Å². The van der Waals surface area contributed by atoms with Crippen LogP contribution in [0.2, 0.25) is 0 Å². The van der Waals surface area contributed by atoms with Crippen LogP contribution in [0.25, 0.3) is 11.1 Å². The van der Waals surface area contributed by atoms with E-state index in [1.165, 1.54) is 4.90 Å². The minimum atomic E-state index is -0.972. The largest absolute Gasteiger partial charge is 0.480 e. The van der Waals surface area contributed by atoms with Gasteiger partial charge >= 0.3 is 12.1 Å². The molecule has 7 nitrogen and oxygen atoms in total. The maximum atomic E-state index is 13.1. The van der Waals surface area contributed by atoms with E-state index in [-0.39, 0.29) is 30.9 Å². The molecule has 0 saturated carbocycles. The average molecular weight is 465 g/mol. The number of nitrogens with zero attached hydrogens (tertiary/aromatic N) is 1. The van der Waals surface area contributed by atoms with Gasteiger partial charge in [-0.05, 0) is 47.4 Å². The number of alkyl carbamates (subject to hydrolysis) is 1. The quantitative estimate of drug-likeness (QED) is 0.638. The number of ether oxygens (including phenoxy) is 1. The van der Waals surface area contributed by atoms with Crippen LogP contribution in [0.3, 0.4) is 0 Å². The van der Waals surface area contributed by atoms with Gasteiger partial charge in [0.1, 0.15) is 12.6 Å². The summed E-state index contributed by atoms with van der Waals surface area (Å²) in [6.07, 6.45) is 1.50. The molecule has 180 valence electrons. The van der Waals surface area contributed by atoms with Crippen molar-refractivity contribution >= 4 is 18.0 Å². The summed E-state index contributed by atoms with van der Waals surface area (Å²) in [6, 6.07) is 15.5. The van der Waals surface area contributed by atoms with Crippen molar-refractivity contribution in [3.8, 4) is 11.1 Å². The van der Waals surface area contributed by atoms with Crippen LogP contribution in [-0.2, 0) is 14.3 Å². The molecule has 2 aromatic carbocycles. The fourth-order valence-electron chi connectivity index (χ4n) is 5.31. The predicted molar refractivity (Wildman–Crippen MR) is 128 cm³/mol. The second kappa shape index (κ2) is 10.3. The van der Waals surface area contributed by atoms with Gasteiger partial charge < -0.3 is 20.1 Å². The zero-order chi connectivity index (χ0) is 24.2. The number of amides is 2. The minimum Gasteiger partial charge on any atom is -0.480 e. The van der Waals surface area contributed by atoms with E-state index < -0.39 is 24.0 Å². The molecule has 1 aliphatic heterocycles. The summed E-state index contributed by atoms with van der Waals surface area (Å²) < 4.78 is 5.57. The molecule has 0 spiro atoms. The topological polar surface area (TPSA) is 95.9 Å². The SMILES string of the molecule is CCC(CNC(=O)OCC1c2ccccc2-c2ccccc21)C(=O)N1CCCC(C)C1C(=O)O. The van der Waals surface area contributed by atoms with E-state index in [4.69, 9.17) is 4.74 Å². The third-order valence-electron chi connectivity index (χ3n) is 7.15. The Morgan fingerprint density at radius 1 is 1.09 bits per heavy atom. The van der Waals surface area contributed by atoms with Crippen LogP contribution in [-0.4, -0.2) is 53.7 Å². The molecule has 1 saturated heterocycles.